The summed E-state index contributed by atoms with van der Waals surface area (Å²) in [4.78, 5) is 12.9. The summed E-state index contributed by atoms with van der Waals surface area (Å²) in [5.41, 5.74) is 5.69. The van der Waals surface area contributed by atoms with Gasteiger partial charge in [0.05, 0.1) is 11.7 Å². The van der Waals surface area contributed by atoms with Crippen LogP contribution in [0.2, 0.25) is 0 Å². The van der Waals surface area contributed by atoms with Crippen LogP contribution in [-0.4, -0.2) is 23.3 Å². The van der Waals surface area contributed by atoms with Gasteiger partial charge in [0.1, 0.15) is 6.10 Å². The molecule has 0 unspecified atom stereocenters. The van der Waals surface area contributed by atoms with Crippen LogP contribution >= 0.6 is 0 Å². The van der Waals surface area contributed by atoms with Crippen molar-refractivity contribution >= 4 is 5.97 Å². The van der Waals surface area contributed by atoms with E-state index < -0.39 is 0 Å². The predicted octanol–water partition coefficient (Wildman–Crippen LogP) is 6.87. The molecule has 4 aliphatic carbocycles. The Bertz CT molecular complexity index is 1000. The summed E-state index contributed by atoms with van der Waals surface area (Å²) < 4.78 is 6.15. The molecule has 5 rings (SSSR count). The van der Waals surface area contributed by atoms with E-state index in [9.17, 15) is 9.90 Å². The van der Waals surface area contributed by atoms with Crippen molar-refractivity contribution in [3.63, 3.8) is 0 Å². The lowest BCUT2D eigenvalue weighted by Gasteiger charge is -2.59. The molecule has 0 heterocycles. The van der Waals surface area contributed by atoms with Crippen LogP contribution in [0.4, 0.5) is 0 Å². The summed E-state index contributed by atoms with van der Waals surface area (Å²) in [6.07, 6.45) is 9.69. The molecule has 0 saturated heterocycles. The first-order valence-corrected chi connectivity index (χ1v) is 13.0. The summed E-state index contributed by atoms with van der Waals surface area (Å²) in [6.45, 7) is 11.5. The van der Waals surface area contributed by atoms with Gasteiger partial charge in [-0.25, -0.2) is 4.79 Å². The van der Waals surface area contributed by atoms with Crippen LogP contribution < -0.4 is 0 Å². The molecule has 178 valence electrons. The molecule has 1 fully saturated rings. The van der Waals surface area contributed by atoms with Gasteiger partial charge in [0.2, 0.25) is 0 Å². The predicted molar refractivity (Wildman–Crippen MR) is 132 cm³/mol. The summed E-state index contributed by atoms with van der Waals surface area (Å²) in [5, 5.41) is 10.5. The summed E-state index contributed by atoms with van der Waals surface area (Å²) in [5.74, 6) is 0.656. The van der Waals surface area contributed by atoms with E-state index in [1.807, 2.05) is 37.3 Å². The number of rotatable bonds is 3. The highest BCUT2D eigenvalue weighted by Crippen LogP contribution is 2.66. The lowest BCUT2D eigenvalue weighted by Crippen LogP contribution is -2.54. The Labute approximate surface area is 199 Å². The highest BCUT2D eigenvalue weighted by Gasteiger charge is 2.58. The molecule has 3 nitrogen and oxygen atoms in total. The maximum atomic E-state index is 12.9. The number of ether oxygens (including phenoxy) is 1. The van der Waals surface area contributed by atoms with Crippen molar-refractivity contribution in [2.75, 3.05) is 0 Å². The van der Waals surface area contributed by atoms with E-state index in [1.54, 1.807) is 16.7 Å². The molecule has 0 aromatic heterocycles. The largest absolute Gasteiger partial charge is 0.458 e. The van der Waals surface area contributed by atoms with Crippen LogP contribution in [-0.2, 0) is 4.74 Å². The zero-order chi connectivity index (χ0) is 23.6. The third kappa shape index (κ3) is 3.37. The molecule has 1 saturated carbocycles. The van der Waals surface area contributed by atoms with E-state index in [-0.39, 0.29) is 34.4 Å². The Kier molecular flexibility index (Phi) is 5.44. The lowest BCUT2D eigenvalue weighted by molar-refractivity contribution is -0.0994. The molecule has 6 atom stereocenters. The average Bonchev–Trinajstić information content (AvgIpc) is 3.14. The van der Waals surface area contributed by atoms with Gasteiger partial charge in [0.15, 0.2) is 0 Å². The highest BCUT2D eigenvalue weighted by atomic mass is 16.5. The molecular formula is C30H40O3. The standard InChI is InChI=1S/C30H40O3/c1-19(31)22-12-13-23-21-11-14-25-28(2,3)26(33-27(32)20-9-7-6-8-10-20)16-18-30(25,5)24(21)15-17-29(22,23)4/h6-10,13,19,22,25-26,31H,11-12,14-18H2,1-5H3/t19-,22-,25+,26+,29-,30-/m1/s1. The van der Waals surface area contributed by atoms with E-state index in [0.717, 1.165) is 44.9 Å². The van der Waals surface area contributed by atoms with Gasteiger partial charge in [-0.2, -0.15) is 0 Å². The number of esters is 1. The van der Waals surface area contributed by atoms with Gasteiger partial charge in [0, 0.05) is 5.41 Å². The fraction of sp³-hybridized carbons (Fsp3) is 0.633. The minimum absolute atomic E-state index is 0.0513. The van der Waals surface area contributed by atoms with Crippen molar-refractivity contribution in [1.29, 1.82) is 0 Å². The van der Waals surface area contributed by atoms with Crippen molar-refractivity contribution in [2.45, 2.75) is 91.8 Å². The van der Waals surface area contributed by atoms with Crippen molar-refractivity contribution in [3.05, 3.63) is 58.7 Å². The van der Waals surface area contributed by atoms with Gasteiger partial charge >= 0.3 is 5.97 Å². The SMILES string of the molecule is C[C@@H](O)[C@H]1CC=C2C3=C(CC[C@@]21C)[C@@]1(C)CC[C@H](OC(=O)c2ccccc2)C(C)(C)[C@@H]1CC3. The Hall–Kier alpha value is -1.87. The van der Waals surface area contributed by atoms with Crippen molar-refractivity contribution < 1.29 is 14.6 Å². The number of carbonyl (C=O) groups excluding carboxylic acids is 1. The Morgan fingerprint density at radius 3 is 2.45 bits per heavy atom. The van der Waals surface area contributed by atoms with Gasteiger partial charge in [-0.15, -0.1) is 0 Å². The monoisotopic (exact) mass is 448 g/mol. The molecule has 0 spiro atoms. The van der Waals surface area contributed by atoms with Crippen LogP contribution in [0.1, 0.15) is 89.9 Å². The van der Waals surface area contributed by atoms with E-state index in [4.69, 9.17) is 4.74 Å². The Balaban J connectivity index is 1.42. The third-order valence-electron chi connectivity index (χ3n) is 10.2. The Morgan fingerprint density at radius 2 is 1.76 bits per heavy atom. The normalized spacial score (nSPS) is 38.0. The molecule has 33 heavy (non-hydrogen) atoms. The number of aliphatic hydroxyl groups excluding tert-OH is 1. The Morgan fingerprint density at radius 1 is 1.03 bits per heavy atom. The quantitative estimate of drug-likeness (QED) is 0.513. The number of carbonyl (C=O) groups is 1. The molecule has 0 amide bonds. The first kappa shape index (κ1) is 22.9. The maximum absolute atomic E-state index is 12.9. The number of aliphatic hydroxyl groups is 1. The fourth-order valence-electron chi connectivity index (χ4n) is 8.41. The van der Waals surface area contributed by atoms with Crippen LogP contribution in [0.15, 0.2) is 53.1 Å². The average molecular weight is 449 g/mol. The summed E-state index contributed by atoms with van der Waals surface area (Å²) in [6, 6.07) is 9.40. The molecule has 3 heteroatoms. The van der Waals surface area contributed by atoms with Crippen LogP contribution in [0.3, 0.4) is 0 Å². The molecule has 1 aromatic carbocycles. The minimum atomic E-state index is -0.258. The first-order valence-electron chi connectivity index (χ1n) is 13.0. The third-order valence-corrected chi connectivity index (χ3v) is 10.2. The van der Waals surface area contributed by atoms with E-state index in [0.29, 0.717) is 17.4 Å². The second-order valence-corrected chi connectivity index (χ2v) is 12.2. The lowest BCUT2D eigenvalue weighted by atomic mass is 9.46. The molecule has 1 aromatic rings. The van der Waals surface area contributed by atoms with Crippen molar-refractivity contribution in [2.24, 2.45) is 28.1 Å². The number of hydrogen-bond donors (Lipinski definition) is 1. The summed E-state index contributed by atoms with van der Waals surface area (Å²) in [7, 11) is 0. The second kappa shape index (κ2) is 7.83. The molecule has 0 radical (unpaired) electrons. The minimum Gasteiger partial charge on any atom is -0.458 e. The summed E-state index contributed by atoms with van der Waals surface area (Å²) >= 11 is 0. The number of allylic oxidation sites excluding steroid dienone is 4. The molecule has 4 aliphatic rings. The highest BCUT2D eigenvalue weighted by molar-refractivity contribution is 5.89. The topological polar surface area (TPSA) is 46.5 Å². The zero-order valence-electron chi connectivity index (χ0n) is 21.0. The molecule has 0 aliphatic heterocycles. The zero-order valence-corrected chi connectivity index (χ0v) is 21.0. The first-order chi connectivity index (χ1) is 15.6. The number of benzene rings is 1. The van der Waals surface area contributed by atoms with Crippen LogP contribution in [0.25, 0.3) is 0 Å². The fourth-order valence-corrected chi connectivity index (χ4v) is 8.41. The second-order valence-electron chi connectivity index (χ2n) is 12.2. The van der Waals surface area contributed by atoms with E-state index in [2.05, 4.69) is 33.8 Å². The van der Waals surface area contributed by atoms with Gasteiger partial charge in [-0.05, 0) is 97.8 Å². The van der Waals surface area contributed by atoms with E-state index in [1.165, 1.54) is 0 Å². The number of fused-ring (bicyclic) bond motifs is 4. The molecule has 0 bridgehead atoms. The van der Waals surface area contributed by atoms with Gasteiger partial charge in [-0.1, -0.05) is 57.5 Å². The molecular weight excluding hydrogens is 408 g/mol. The van der Waals surface area contributed by atoms with Gasteiger partial charge in [0.25, 0.3) is 0 Å². The van der Waals surface area contributed by atoms with Crippen LogP contribution in [0, 0.1) is 28.1 Å². The van der Waals surface area contributed by atoms with Gasteiger partial charge in [-0.3, -0.25) is 0 Å². The van der Waals surface area contributed by atoms with Crippen LogP contribution in [0.5, 0.6) is 0 Å². The molecule has 1 N–H and O–H groups in total. The van der Waals surface area contributed by atoms with Crippen molar-refractivity contribution in [1.82, 2.24) is 0 Å². The van der Waals surface area contributed by atoms with Crippen molar-refractivity contribution in [3.8, 4) is 0 Å². The van der Waals surface area contributed by atoms with E-state index >= 15 is 0 Å². The smallest absolute Gasteiger partial charge is 0.338 e. The van der Waals surface area contributed by atoms with Gasteiger partial charge < -0.3 is 9.84 Å². The maximum Gasteiger partial charge on any atom is 0.338 e. The number of hydrogen-bond acceptors (Lipinski definition) is 3.